The second-order valence-corrected chi connectivity index (χ2v) is 5.62. The number of carbonyl (C=O) groups excluding carboxylic acids is 2. The summed E-state index contributed by atoms with van der Waals surface area (Å²) < 4.78 is 50.6. The predicted molar refractivity (Wildman–Crippen MR) is 89.8 cm³/mol. The summed E-state index contributed by atoms with van der Waals surface area (Å²) in [6.45, 7) is 0.939. The number of halogens is 3. The molecular formula is C17H20F3N3O4. The van der Waals surface area contributed by atoms with E-state index in [9.17, 15) is 22.8 Å². The molecule has 1 aromatic heterocycles. The number of nitrogens with zero attached hydrogens (tertiary/aromatic N) is 3. The van der Waals surface area contributed by atoms with Crippen molar-refractivity contribution in [3.05, 3.63) is 30.1 Å². The number of hydrogen-bond donors (Lipinski definition) is 0. The molecule has 0 atom stereocenters. The zero-order valence-electron chi connectivity index (χ0n) is 15.0. The van der Waals surface area contributed by atoms with E-state index in [2.05, 4.69) is 4.98 Å². The van der Waals surface area contributed by atoms with Gasteiger partial charge in [0, 0.05) is 13.7 Å². The number of hydrogen-bond acceptors (Lipinski definition) is 5. The number of fused-ring (bicyclic) bond motifs is 1. The third kappa shape index (κ3) is 5.19. The van der Waals surface area contributed by atoms with Crippen LogP contribution in [0.3, 0.4) is 0 Å². The van der Waals surface area contributed by atoms with E-state index in [1.165, 1.54) is 19.2 Å². The average molecular weight is 387 g/mol. The van der Waals surface area contributed by atoms with E-state index in [1.807, 2.05) is 0 Å². The molecule has 0 aliphatic carbocycles. The van der Waals surface area contributed by atoms with Gasteiger partial charge in [0.25, 0.3) is 0 Å². The largest absolute Gasteiger partial charge is 0.465 e. The summed E-state index contributed by atoms with van der Waals surface area (Å²) >= 11 is 0. The first-order valence-corrected chi connectivity index (χ1v) is 8.22. The van der Waals surface area contributed by atoms with E-state index >= 15 is 0 Å². The summed E-state index contributed by atoms with van der Waals surface area (Å²) in [5.41, 5.74) is 0.312. The van der Waals surface area contributed by atoms with Crippen molar-refractivity contribution in [2.75, 3.05) is 33.4 Å². The Morgan fingerprint density at radius 3 is 2.59 bits per heavy atom. The Kier molecular flexibility index (Phi) is 6.78. The Morgan fingerprint density at radius 1 is 1.26 bits per heavy atom. The third-order valence-corrected chi connectivity index (χ3v) is 3.74. The topological polar surface area (TPSA) is 73.7 Å². The van der Waals surface area contributed by atoms with Gasteiger partial charge in [0.2, 0.25) is 11.7 Å². The van der Waals surface area contributed by atoms with E-state index in [0.29, 0.717) is 0 Å². The van der Waals surface area contributed by atoms with E-state index in [4.69, 9.17) is 9.47 Å². The Labute approximate surface area is 153 Å². The minimum atomic E-state index is -4.72. The lowest BCUT2D eigenvalue weighted by Crippen LogP contribution is -2.41. The van der Waals surface area contributed by atoms with Crippen LogP contribution in [0.1, 0.15) is 12.7 Å². The van der Waals surface area contributed by atoms with Gasteiger partial charge in [0.05, 0.1) is 24.2 Å². The summed E-state index contributed by atoms with van der Waals surface area (Å²) in [6.07, 6.45) is -4.72. The summed E-state index contributed by atoms with van der Waals surface area (Å²) in [5, 5.41) is 0. The molecule has 1 aromatic carbocycles. The van der Waals surface area contributed by atoms with Crippen LogP contribution < -0.4 is 0 Å². The fourth-order valence-electron chi connectivity index (χ4n) is 2.54. The molecule has 1 amide bonds. The third-order valence-electron chi connectivity index (χ3n) is 3.74. The summed E-state index contributed by atoms with van der Waals surface area (Å²) in [7, 11) is 1.41. The number of ether oxygens (including phenoxy) is 2. The van der Waals surface area contributed by atoms with Crippen LogP contribution in [-0.4, -0.2) is 59.7 Å². The van der Waals surface area contributed by atoms with Crippen LogP contribution in [0.15, 0.2) is 24.3 Å². The summed E-state index contributed by atoms with van der Waals surface area (Å²) in [5.74, 6) is -2.48. The number of aromatic nitrogens is 2. The Bertz CT molecular complexity index is 804. The lowest BCUT2D eigenvalue weighted by molar-refractivity contribution is -0.152. The van der Waals surface area contributed by atoms with Crippen molar-refractivity contribution in [1.82, 2.24) is 14.5 Å². The van der Waals surface area contributed by atoms with Gasteiger partial charge in [-0.15, -0.1) is 0 Å². The van der Waals surface area contributed by atoms with Crippen LogP contribution in [0.4, 0.5) is 13.2 Å². The van der Waals surface area contributed by atoms with Gasteiger partial charge in [-0.25, -0.2) is 4.98 Å². The molecule has 148 valence electrons. The molecule has 0 aliphatic heterocycles. The molecule has 0 fully saturated rings. The van der Waals surface area contributed by atoms with Crippen LogP contribution in [-0.2, 0) is 31.8 Å². The molecule has 2 aromatic rings. The minimum Gasteiger partial charge on any atom is -0.465 e. The number of amides is 1. The van der Waals surface area contributed by atoms with Crippen molar-refractivity contribution in [2.24, 2.45) is 0 Å². The van der Waals surface area contributed by atoms with Crippen molar-refractivity contribution in [2.45, 2.75) is 19.6 Å². The number of methoxy groups -OCH3 is 1. The van der Waals surface area contributed by atoms with Gasteiger partial charge >= 0.3 is 12.1 Å². The molecule has 0 radical (unpaired) electrons. The van der Waals surface area contributed by atoms with E-state index in [-0.39, 0.29) is 37.3 Å². The molecule has 0 N–H and O–H groups in total. The van der Waals surface area contributed by atoms with Crippen molar-refractivity contribution < 1.29 is 32.2 Å². The fourth-order valence-corrected chi connectivity index (χ4v) is 2.54. The smallest absolute Gasteiger partial charge is 0.449 e. The van der Waals surface area contributed by atoms with Crippen molar-refractivity contribution >= 4 is 22.9 Å². The zero-order valence-corrected chi connectivity index (χ0v) is 15.0. The number of carbonyl (C=O) groups is 2. The van der Waals surface area contributed by atoms with Crippen LogP contribution in [0.25, 0.3) is 11.0 Å². The molecule has 27 heavy (non-hydrogen) atoms. The molecule has 0 saturated heterocycles. The minimum absolute atomic E-state index is 0.0438. The number of alkyl halides is 3. The molecular weight excluding hydrogens is 367 g/mol. The van der Waals surface area contributed by atoms with Crippen molar-refractivity contribution in [3.8, 4) is 0 Å². The molecule has 0 saturated carbocycles. The average Bonchev–Trinajstić information content (AvgIpc) is 2.98. The predicted octanol–water partition coefficient (Wildman–Crippen LogP) is 2.09. The summed E-state index contributed by atoms with van der Waals surface area (Å²) in [4.78, 5) is 29.0. The van der Waals surface area contributed by atoms with Gasteiger partial charge in [-0.2, -0.15) is 13.2 Å². The highest BCUT2D eigenvalue weighted by Crippen LogP contribution is 2.31. The molecule has 0 spiro atoms. The highest BCUT2D eigenvalue weighted by atomic mass is 19.4. The molecule has 0 aliphatic rings. The van der Waals surface area contributed by atoms with E-state index < -0.39 is 30.4 Å². The van der Waals surface area contributed by atoms with E-state index in [1.54, 1.807) is 19.1 Å². The van der Waals surface area contributed by atoms with E-state index in [0.717, 1.165) is 9.47 Å². The number of imidazole rings is 1. The standard InChI is InChI=1S/C17H20F3N3O4/c1-3-27-15(25)11-22(8-9-26-2)14(24)10-23-13-7-5-4-6-12(13)21-16(23)17(18,19)20/h4-7H,3,8-11H2,1-2H3. The SMILES string of the molecule is CCOC(=O)CN(CCOC)C(=O)Cn1c(C(F)(F)F)nc2ccccc21. The van der Waals surface area contributed by atoms with Crippen molar-refractivity contribution in [1.29, 1.82) is 0 Å². The quantitative estimate of drug-likeness (QED) is 0.649. The van der Waals surface area contributed by atoms with Gasteiger partial charge in [-0.05, 0) is 19.1 Å². The first-order valence-electron chi connectivity index (χ1n) is 8.22. The first-order chi connectivity index (χ1) is 12.8. The van der Waals surface area contributed by atoms with Gasteiger partial charge < -0.3 is 18.9 Å². The monoisotopic (exact) mass is 387 g/mol. The Morgan fingerprint density at radius 2 is 1.96 bits per heavy atom. The highest BCUT2D eigenvalue weighted by molar-refractivity contribution is 5.84. The normalized spacial score (nSPS) is 11.6. The second kappa shape index (κ2) is 8.85. The first kappa shape index (κ1) is 20.7. The van der Waals surface area contributed by atoms with Gasteiger partial charge in [0.1, 0.15) is 13.1 Å². The molecule has 1 heterocycles. The summed E-state index contributed by atoms with van der Waals surface area (Å²) in [6, 6.07) is 6.02. The van der Waals surface area contributed by atoms with Gasteiger partial charge in [-0.1, -0.05) is 12.1 Å². The molecule has 10 heteroatoms. The molecule has 0 unspecified atom stereocenters. The highest BCUT2D eigenvalue weighted by Gasteiger charge is 2.38. The van der Waals surface area contributed by atoms with Gasteiger partial charge in [0.15, 0.2) is 0 Å². The Hall–Kier alpha value is -2.62. The van der Waals surface area contributed by atoms with Crippen LogP contribution in [0.5, 0.6) is 0 Å². The molecule has 7 nitrogen and oxygen atoms in total. The maximum atomic E-state index is 13.3. The van der Waals surface area contributed by atoms with Crippen LogP contribution in [0.2, 0.25) is 0 Å². The second-order valence-electron chi connectivity index (χ2n) is 5.62. The Balaban J connectivity index is 2.31. The lowest BCUT2D eigenvalue weighted by Gasteiger charge is -2.22. The molecule has 2 rings (SSSR count). The number of rotatable bonds is 8. The number of esters is 1. The van der Waals surface area contributed by atoms with Crippen LogP contribution >= 0.6 is 0 Å². The fraction of sp³-hybridized carbons (Fsp3) is 0.471. The molecule has 0 bridgehead atoms. The number of benzene rings is 1. The van der Waals surface area contributed by atoms with Crippen molar-refractivity contribution in [3.63, 3.8) is 0 Å². The lowest BCUT2D eigenvalue weighted by atomic mass is 10.3. The van der Waals surface area contributed by atoms with Crippen LogP contribution in [0, 0.1) is 0 Å². The van der Waals surface area contributed by atoms with Gasteiger partial charge in [-0.3, -0.25) is 9.59 Å². The number of para-hydroxylation sites is 2. The maximum absolute atomic E-state index is 13.3. The zero-order chi connectivity index (χ0) is 20.0. The maximum Gasteiger partial charge on any atom is 0.449 e.